The normalized spacial score (nSPS) is 13.6. The van der Waals surface area contributed by atoms with Gasteiger partial charge in [-0.3, -0.25) is 4.79 Å². The van der Waals surface area contributed by atoms with Gasteiger partial charge in [-0.15, -0.1) is 0 Å². The maximum Gasteiger partial charge on any atom is 0.307 e. The molecule has 0 saturated heterocycles. The first-order valence-electron chi connectivity index (χ1n) is 6.92. The summed E-state index contributed by atoms with van der Waals surface area (Å²) in [6.45, 7) is 5.64. The Balaban J connectivity index is 2.89. The first-order valence-corrected chi connectivity index (χ1v) is 8.36. The Labute approximate surface area is 126 Å². The van der Waals surface area contributed by atoms with E-state index < -0.39 is 21.9 Å². The van der Waals surface area contributed by atoms with Crippen molar-refractivity contribution in [3.8, 4) is 0 Å². The number of hydrogen-bond donors (Lipinski definition) is 1. The highest BCUT2D eigenvalue weighted by Gasteiger charge is 2.24. The van der Waals surface area contributed by atoms with Crippen LogP contribution in [0.5, 0.6) is 0 Å². The van der Waals surface area contributed by atoms with Crippen LogP contribution in [0.15, 0.2) is 29.2 Å². The van der Waals surface area contributed by atoms with Gasteiger partial charge in [-0.05, 0) is 30.0 Å². The maximum absolute atomic E-state index is 12.4. The zero-order chi connectivity index (χ0) is 16.2. The summed E-state index contributed by atoms with van der Waals surface area (Å²) >= 11 is 0. The zero-order valence-corrected chi connectivity index (χ0v) is 13.7. The van der Waals surface area contributed by atoms with Gasteiger partial charge >= 0.3 is 5.97 Å². The zero-order valence-electron chi connectivity index (χ0n) is 12.9. The molecular weight excluding hydrogens is 290 g/mol. The van der Waals surface area contributed by atoms with Crippen molar-refractivity contribution in [2.75, 3.05) is 13.6 Å². The molecule has 1 N–H and O–H groups in total. The highest BCUT2D eigenvalue weighted by molar-refractivity contribution is 7.89. The molecule has 0 aromatic heterocycles. The second kappa shape index (κ2) is 7.04. The van der Waals surface area contributed by atoms with Crippen LogP contribution in [0.1, 0.15) is 26.3 Å². The fourth-order valence-corrected chi connectivity index (χ4v) is 3.27. The maximum atomic E-state index is 12.4. The summed E-state index contributed by atoms with van der Waals surface area (Å²) in [6.07, 6.45) is 0.895. The van der Waals surface area contributed by atoms with Gasteiger partial charge in [-0.2, -0.15) is 0 Å². The van der Waals surface area contributed by atoms with E-state index in [4.69, 9.17) is 5.11 Å². The third-order valence-corrected chi connectivity index (χ3v) is 5.07. The minimum Gasteiger partial charge on any atom is -0.481 e. The SMILES string of the molecule is CC(C)Cc1ccc(S(=O)(=O)N(C)CC(C)C(=O)O)cc1. The number of rotatable bonds is 7. The molecule has 6 heteroatoms. The molecule has 0 heterocycles. The molecule has 1 rings (SSSR count). The fourth-order valence-electron chi connectivity index (χ4n) is 2.01. The Morgan fingerprint density at radius 1 is 1.19 bits per heavy atom. The molecule has 0 aliphatic rings. The van der Waals surface area contributed by atoms with Crippen LogP contribution in [0.25, 0.3) is 0 Å². The molecule has 1 aromatic carbocycles. The van der Waals surface area contributed by atoms with E-state index in [1.165, 1.54) is 14.0 Å². The van der Waals surface area contributed by atoms with Crippen LogP contribution in [0.3, 0.4) is 0 Å². The Hall–Kier alpha value is -1.40. The quantitative estimate of drug-likeness (QED) is 0.837. The Morgan fingerprint density at radius 2 is 1.71 bits per heavy atom. The summed E-state index contributed by atoms with van der Waals surface area (Å²) in [6, 6.07) is 6.77. The summed E-state index contributed by atoms with van der Waals surface area (Å²) in [5, 5.41) is 8.87. The third kappa shape index (κ3) is 4.82. The molecule has 0 aliphatic carbocycles. The molecule has 0 saturated carbocycles. The second-order valence-electron chi connectivity index (χ2n) is 5.77. The van der Waals surface area contributed by atoms with Crippen LogP contribution >= 0.6 is 0 Å². The van der Waals surface area contributed by atoms with E-state index in [0.29, 0.717) is 5.92 Å². The Bertz CT molecular complexity index is 578. The number of nitrogens with zero attached hydrogens (tertiary/aromatic N) is 1. The van der Waals surface area contributed by atoms with Gasteiger partial charge in [0.05, 0.1) is 10.8 Å². The molecule has 0 amide bonds. The van der Waals surface area contributed by atoms with E-state index in [1.54, 1.807) is 24.3 Å². The summed E-state index contributed by atoms with van der Waals surface area (Å²) in [5.41, 5.74) is 1.09. The van der Waals surface area contributed by atoms with Gasteiger partial charge < -0.3 is 5.11 Å². The number of sulfonamides is 1. The van der Waals surface area contributed by atoms with Crippen LogP contribution in [0.4, 0.5) is 0 Å². The summed E-state index contributed by atoms with van der Waals surface area (Å²) in [7, 11) is -2.24. The summed E-state index contributed by atoms with van der Waals surface area (Å²) < 4.78 is 25.8. The van der Waals surface area contributed by atoms with E-state index in [1.807, 2.05) is 0 Å². The molecule has 118 valence electrons. The Kier molecular flexibility index (Phi) is 5.92. The molecule has 0 fully saturated rings. The second-order valence-corrected chi connectivity index (χ2v) is 7.81. The number of carboxylic acid groups (broad SMARTS) is 1. The van der Waals surface area contributed by atoms with Crippen LogP contribution < -0.4 is 0 Å². The average molecular weight is 313 g/mol. The first-order chi connectivity index (χ1) is 9.64. The van der Waals surface area contributed by atoms with Crippen molar-refractivity contribution in [3.63, 3.8) is 0 Å². The monoisotopic (exact) mass is 313 g/mol. The van der Waals surface area contributed by atoms with Crippen LogP contribution in [-0.4, -0.2) is 37.4 Å². The molecule has 0 bridgehead atoms. The predicted octanol–water partition coefficient (Wildman–Crippen LogP) is 2.23. The van der Waals surface area contributed by atoms with Gasteiger partial charge in [0.25, 0.3) is 0 Å². The van der Waals surface area contributed by atoms with Crippen molar-refractivity contribution in [1.82, 2.24) is 4.31 Å². The minimum atomic E-state index is -3.64. The molecule has 0 aliphatic heterocycles. The lowest BCUT2D eigenvalue weighted by Crippen LogP contribution is -2.33. The number of carbonyl (C=O) groups is 1. The largest absolute Gasteiger partial charge is 0.481 e. The van der Waals surface area contributed by atoms with Gasteiger partial charge in [-0.1, -0.05) is 32.9 Å². The lowest BCUT2D eigenvalue weighted by Gasteiger charge is -2.19. The van der Waals surface area contributed by atoms with Crippen LogP contribution in [0, 0.1) is 11.8 Å². The van der Waals surface area contributed by atoms with E-state index >= 15 is 0 Å². The van der Waals surface area contributed by atoms with Crippen molar-refractivity contribution in [2.45, 2.75) is 32.1 Å². The molecule has 1 unspecified atom stereocenters. The average Bonchev–Trinajstić information content (AvgIpc) is 2.38. The van der Waals surface area contributed by atoms with Crippen molar-refractivity contribution < 1.29 is 18.3 Å². The number of benzene rings is 1. The molecule has 0 radical (unpaired) electrons. The number of hydrogen-bond acceptors (Lipinski definition) is 3. The van der Waals surface area contributed by atoms with Crippen molar-refractivity contribution in [2.24, 2.45) is 11.8 Å². The molecule has 0 spiro atoms. The number of aliphatic carboxylic acids is 1. The lowest BCUT2D eigenvalue weighted by atomic mass is 10.0. The topological polar surface area (TPSA) is 74.7 Å². The Morgan fingerprint density at radius 3 is 2.14 bits per heavy atom. The van der Waals surface area contributed by atoms with E-state index in [0.717, 1.165) is 16.3 Å². The van der Waals surface area contributed by atoms with Crippen molar-refractivity contribution in [1.29, 1.82) is 0 Å². The van der Waals surface area contributed by atoms with Crippen molar-refractivity contribution >= 4 is 16.0 Å². The summed E-state index contributed by atoms with van der Waals surface area (Å²) in [4.78, 5) is 11.0. The smallest absolute Gasteiger partial charge is 0.307 e. The van der Waals surface area contributed by atoms with Crippen LogP contribution in [-0.2, 0) is 21.2 Å². The van der Waals surface area contributed by atoms with E-state index in [9.17, 15) is 13.2 Å². The molecule has 5 nitrogen and oxygen atoms in total. The fraction of sp³-hybridized carbons (Fsp3) is 0.533. The molecule has 1 aromatic rings. The van der Waals surface area contributed by atoms with Crippen molar-refractivity contribution in [3.05, 3.63) is 29.8 Å². The van der Waals surface area contributed by atoms with E-state index in [-0.39, 0.29) is 11.4 Å². The van der Waals surface area contributed by atoms with Crippen LogP contribution in [0.2, 0.25) is 0 Å². The highest BCUT2D eigenvalue weighted by atomic mass is 32.2. The van der Waals surface area contributed by atoms with Gasteiger partial charge in [-0.25, -0.2) is 12.7 Å². The lowest BCUT2D eigenvalue weighted by molar-refractivity contribution is -0.141. The van der Waals surface area contributed by atoms with E-state index in [2.05, 4.69) is 13.8 Å². The predicted molar refractivity (Wildman–Crippen MR) is 81.6 cm³/mol. The van der Waals surface area contributed by atoms with Gasteiger partial charge in [0.2, 0.25) is 10.0 Å². The van der Waals surface area contributed by atoms with Gasteiger partial charge in [0.15, 0.2) is 0 Å². The van der Waals surface area contributed by atoms with Gasteiger partial charge in [0.1, 0.15) is 0 Å². The molecular formula is C15H23NO4S. The molecule has 21 heavy (non-hydrogen) atoms. The number of carboxylic acids is 1. The first kappa shape index (κ1) is 17.7. The summed E-state index contributed by atoms with van der Waals surface area (Å²) in [5.74, 6) is -1.25. The highest BCUT2D eigenvalue weighted by Crippen LogP contribution is 2.18. The molecule has 1 atom stereocenters. The third-order valence-electron chi connectivity index (χ3n) is 3.23. The van der Waals surface area contributed by atoms with Gasteiger partial charge in [0, 0.05) is 13.6 Å². The standard InChI is InChI=1S/C15H23NO4S/c1-11(2)9-13-5-7-14(8-6-13)21(19,20)16(4)10-12(3)15(17)18/h5-8,11-12H,9-10H2,1-4H3,(H,17,18). The minimum absolute atomic E-state index is 0.0502.